The summed E-state index contributed by atoms with van der Waals surface area (Å²) in [6, 6.07) is 11.7. The van der Waals surface area contributed by atoms with E-state index in [1.807, 2.05) is 13.8 Å². The summed E-state index contributed by atoms with van der Waals surface area (Å²) in [6.07, 6.45) is 3.10. The van der Waals surface area contributed by atoms with Gasteiger partial charge >= 0.3 is 0 Å². The van der Waals surface area contributed by atoms with Gasteiger partial charge in [-0.25, -0.2) is 12.8 Å². The van der Waals surface area contributed by atoms with Crippen LogP contribution in [0.4, 0.5) is 10.1 Å². The number of aryl methyl sites for hydroxylation is 1. The number of anilines is 1. The molecule has 9 heteroatoms. The van der Waals surface area contributed by atoms with E-state index in [9.17, 15) is 22.4 Å². The zero-order valence-corrected chi connectivity index (χ0v) is 21.1. The summed E-state index contributed by atoms with van der Waals surface area (Å²) < 4.78 is 39.6. The fourth-order valence-electron chi connectivity index (χ4n) is 3.54. The van der Waals surface area contributed by atoms with E-state index in [-0.39, 0.29) is 12.5 Å². The van der Waals surface area contributed by atoms with Gasteiger partial charge in [0.25, 0.3) is 0 Å². The largest absolute Gasteiger partial charge is 0.354 e. The van der Waals surface area contributed by atoms with Crippen molar-refractivity contribution in [3.8, 4) is 0 Å². The van der Waals surface area contributed by atoms with E-state index in [4.69, 9.17) is 0 Å². The lowest BCUT2D eigenvalue weighted by Crippen LogP contribution is -2.52. The average Bonchev–Trinajstić information content (AvgIpc) is 2.78. The first-order valence-corrected chi connectivity index (χ1v) is 13.3. The van der Waals surface area contributed by atoms with Gasteiger partial charge in [0.05, 0.1) is 11.9 Å². The minimum atomic E-state index is -3.77. The Labute approximate surface area is 202 Å². The number of nitrogens with one attached hydrogen (secondary N) is 1. The van der Waals surface area contributed by atoms with E-state index in [0.29, 0.717) is 24.2 Å². The fraction of sp³-hybridized carbons (Fsp3) is 0.440. The van der Waals surface area contributed by atoms with Gasteiger partial charge in [-0.2, -0.15) is 0 Å². The lowest BCUT2D eigenvalue weighted by atomic mass is 10.1. The van der Waals surface area contributed by atoms with Gasteiger partial charge in [0.2, 0.25) is 21.8 Å². The molecule has 1 N–H and O–H groups in total. The topological polar surface area (TPSA) is 86.8 Å². The molecule has 0 radical (unpaired) electrons. The van der Waals surface area contributed by atoms with Crippen molar-refractivity contribution in [2.75, 3.05) is 23.7 Å². The second kappa shape index (κ2) is 12.5. The fourth-order valence-corrected chi connectivity index (χ4v) is 4.39. The molecule has 1 atom stereocenters. The third kappa shape index (κ3) is 7.83. The van der Waals surface area contributed by atoms with Gasteiger partial charge < -0.3 is 10.2 Å². The van der Waals surface area contributed by atoms with Gasteiger partial charge in [-0.3, -0.25) is 13.9 Å². The lowest BCUT2D eigenvalue weighted by Gasteiger charge is -2.33. The smallest absolute Gasteiger partial charge is 0.244 e. The highest BCUT2D eigenvalue weighted by Gasteiger charge is 2.31. The summed E-state index contributed by atoms with van der Waals surface area (Å²) >= 11 is 0. The van der Waals surface area contributed by atoms with Crippen molar-refractivity contribution in [1.29, 1.82) is 0 Å². The van der Waals surface area contributed by atoms with Crippen LogP contribution < -0.4 is 9.62 Å². The van der Waals surface area contributed by atoms with Gasteiger partial charge in [0.1, 0.15) is 18.4 Å². The van der Waals surface area contributed by atoms with Crippen molar-refractivity contribution in [1.82, 2.24) is 10.2 Å². The van der Waals surface area contributed by atoms with Crippen LogP contribution in [0.3, 0.4) is 0 Å². The van der Waals surface area contributed by atoms with Gasteiger partial charge in [-0.05, 0) is 49.6 Å². The molecule has 0 saturated carbocycles. The maximum atomic E-state index is 13.5. The van der Waals surface area contributed by atoms with Gasteiger partial charge in [0, 0.05) is 13.1 Å². The van der Waals surface area contributed by atoms with Crippen molar-refractivity contribution >= 4 is 27.5 Å². The van der Waals surface area contributed by atoms with Crippen LogP contribution >= 0.6 is 0 Å². The van der Waals surface area contributed by atoms with Gasteiger partial charge in [-0.1, -0.05) is 50.1 Å². The number of halogens is 1. The SMILES string of the molecule is CCCCNC(=O)[C@@H](CC)N(Cc1ccc(F)cc1)C(=O)CN(c1ccc(C)cc1)S(C)(=O)=O. The molecule has 0 spiro atoms. The predicted molar refractivity (Wildman–Crippen MR) is 132 cm³/mol. The van der Waals surface area contributed by atoms with E-state index in [1.54, 1.807) is 43.3 Å². The number of nitrogens with zero attached hydrogens (tertiary/aromatic N) is 2. The number of hydrogen-bond acceptors (Lipinski definition) is 4. The lowest BCUT2D eigenvalue weighted by molar-refractivity contribution is -0.140. The Bertz CT molecular complexity index is 1060. The van der Waals surface area contributed by atoms with Crippen LogP contribution in [0.25, 0.3) is 0 Å². The van der Waals surface area contributed by atoms with Crippen LogP contribution in [0, 0.1) is 12.7 Å². The Hall–Kier alpha value is -2.94. The maximum absolute atomic E-state index is 13.5. The summed E-state index contributed by atoms with van der Waals surface area (Å²) in [7, 11) is -3.77. The van der Waals surface area contributed by atoms with Crippen LogP contribution in [0.1, 0.15) is 44.2 Å². The Morgan fingerprint density at radius 2 is 1.65 bits per heavy atom. The number of hydrogen-bond donors (Lipinski definition) is 1. The Morgan fingerprint density at radius 3 is 2.18 bits per heavy atom. The Morgan fingerprint density at radius 1 is 1.03 bits per heavy atom. The standard InChI is InChI=1S/C25H34FN3O4S/c1-5-7-16-27-25(31)23(6-2)28(17-20-10-12-21(26)13-11-20)24(30)18-29(34(4,32)33)22-14-8-19(3)9-15-22/h8-15,23H,5-7,16-18H2,1-4H3,(H,27,31)/t23-/m1/s1. The van der Waals surface area contributed by atoms with Crippen LogP contribution in [0.2, 0.25) is 0 Å². The predicted octanol–water partition coefficient (Wildman–Crippen LogP) is 3.62. The second-order valence-corrected chi connectivity index (χ2v) is 10.2. The molecule has 0 aliphatic carbocycles. The highest BCUT2D eigenvalue weighted by atomic mass is 32.2. The number of sulfonamides is 1. The summed E-state index contributed by atoms with van der Waals surface area (Å²) in [4.78, 5) is 27.8. The van der Waals surface area contributed by atoms with E-state index in [1.165, 1.54) is 17.0 Å². The molecule has 7 nitrogen and oxygen atoms in total. The number of amides is 2. The van der Waals surface area contributed by atoms with E-state index in [0.717, 1.165) is 29.0 Å². The molecule has 2 amide bonds. The molecule has 0 fully saturated rings. The minimum absolute atomic E-state index is 0.0459. The third-order valence-electron chi connectivity index (χ3n) is 5.48. The molecule has 0 saturated heterocycles. The molecule has 186 valence electrons. The van der Waals surface area contributed by atoms with Gasteiger partial charge in [0.15, 0.2) is 0 Å². The van der Waals surface area contributed by atoms with Crippen molar-refractivity contribution in [2.45, 2.75) is 52.6 Å². The molecule has 0 heterocycles. The zero-order chi connectivity index (χ0) is 25.3. The monoisotopic (exact) mass is 491 g/mol. The molecule has 2 aromatic carbocycles. The number of carbonyl (C=O) groups excluding carboxylic acids is 2. The maximum Gasteiger partial charge on any atom is 0.244 e. The van der Waals surface area contributed by atoms with E-state index >= 15 is 0 Å². The average molecular weight is 492 g/mol. The van der Waals surface area contributed by atoms with Crippen molar-refractivity contribution in [3.63, 3.8) is 0 Å². The molecule has 34 heavy (non-hydrogen) atoms. The number of carbonyl (C=O) groups is 2. The number of benzene rings is 2. The second-order valence-electron chi connectivity index (χ2n) is 8.32. The molecule has 0 aliphatic heterocycles. The first-order chi connectivity index (χ1) is 16.1. The summed E-state index contributed by atoms with van der Waals surface area (Å²) in [5.74, 6) is -1.23. The third-order valence-corrected chi connectivity index (χ3v) is 6.62. The van der Waals surface area contributed by atoms with E-state index < -0.39 is 34.3 Å². The van der Waals surface area contributed by atoms with Crippen molar-refractivity contribution in [2.24, 2.45) is 0 Å². The Kier molecular flexibility index (Phi) is 10.0. The molecule has 0 unspecified atom stereocenters. The molecule has 2 aromatic rings. The molecule has 0 aromatic heterocycles. The summed E-state index contributed by atoms with van der Waals surface area (Å²) in [5.41, 5.74) is 1.95. The quantitative estimate of drug-likeness (QED) is 0.460. The van der Waals surface area contributed by atoms with Gasteiger partial charge in [-0.15, -0.1) is 0 Å². The normalized spacial score (nSPS) is 12.1. The zero-order valence-electron chi connectivity index (χ0n) is 20.3. The van der Waals surface area contributed by atoms with E-state index in [2.05, 4.69) is 5.32 Å². The summed E-state index contributed by atoms with van der Waals surface area (Å²) in [5, 5.41) is 2.86. The molecular weight excluding hydrogens is 457 g/mol. The summed E-state index contributed by atoms with van der Waals surface area (Å²) in [6.45, 7) is 5.77. The first kappa shape index (κ1) is 27.3. The molecule has 0 bridgehead atoms. The highest BCUT2D eigenvalue weighted by Crippen LogP contribution is 2.20. The van der Waals surface area contributed by atoms with Crippen LogP contribution in [0.5, 0.6) is 0 Å². The highest BCUT2D eigenvalue weighted by molar-refractivity contribution is 7.92. The molecular formula is C25H34FN3O4S. The number of unbranched alkanes of at least 4 members (excludes halogenated alkanes) is 1. The molecule has 0 aliphatic rings. The molecule has 2 rings (SSSR count). The first-order valence-electron chi connectivity index (χ1n) is 11.4. The van der Waals surface area contributed by atoms with Crippen molar-refractivity contribution < 1.29 is 22.4 Å². The van der Waals surface area contributed by atoms with Crippen molar-refractivity contribution in [3.05, 3.63) is 65.5 Å². The number of rotatable bonds is 12. The van der Waals surface area contributed by atoms with Crippen LogP contribution in [-0.2, 0) is 26.2 Å². The van der Waals surface area contributed by atoms with Crippen LogP contribution in [-0.4, -0.2) is 50.5 Å². The minimum Gasteiger partial charge on any atom is -0.354 e. The van der Waals surface area contributed by atoms with Crippen LogP contribution in [0.15, 0.2) is 48.5 Å². The Balaban J connectivity index is 2.37.